The predicted molar refractivity (Wildman–Crippen MR) is 162 cm³/mol. The smallest absolute Gasteiger partial charge is 0.220 e. The number of hydrogen-bond donors (Lipinski definition) is 1. The first-order chi connectivity index (χ1) is 19.9. The Morgan fingerprint density at radius 1 is 0.951 bits per heavy atom. The maximum atomic E-state index is 12.6. The lowest BCUT2D eigenvalue weighted by Crippen LogP contribution is -2.26. The van der Waals surface area contributed by atoms with Crippen molar-refractivity contribution in [1.82, 2.24) is 5.32 Å². The van der Waals surface area contributed by atoms with Gasteiger partial charge in [0.05, 0.1) is 6.04 Å². The zero-order valence-electron chi connectivity index (χ0n) is 23.5. The molecule has 0 radical (unpaired) electrons. The van der Waals surface area contributed by atoms with Gasteiger partial charge in [0, 0.05) is 35.9 Å². The molecule has 1 aliphatic heterocycles. The molecule has 1 N–H and O–H groups in total. The lowest BCUT2D eigenvalue weighted by atomic mass is 10.0. The molecule has 2 aliphatic rings. The molecule has 1 heterocycles. The molecule has 6 nitrogen and oxygen atoms in total. The number of carbonyl (C=O) groups excluding carboxylic acids is 3. The highest BCUT2D eigenvalue weighted by molar-refractivity contribution is 6.34. The third kappa shape index (κ3) is 10.7. The molecule has 1 aliphatic carbocycles. The van der Waals surface area contributed by atoms with Crippen molar-refractivity contribution < 1.29 is 23.9 Å². The van der Waals surface area contributed by atoms with Crippen molar-refractivity contribution in [2.75, 3.05) is 13.2 Å². The Morgan fingerprint density at radius 3 is 2.49 bits per heavy atom. The molecule has 2 aromatic carbocycles. The number of rotatable bonds is 15. The first-order valence-electron chi connectivity index (χ1n) is 14.7. The number of ketones is 2. The lowest BCUT2D eigenvalue weighted by Gasteiger charge is -2.22. The Kier molecular flexibility index (Phi) is 12.4. The van der Waals surface area contributed by atoms with Gasteiger partial charge in [-0.05, 0) is 91.5 Å². The summed E-state index contributed by atoms with van der Waals surface area (Å²) >= 11 is 12.1. The van der Waals surface area contributed by atoms with Crippen LogP contribution >= 0.6 is 23.2 Å². The summed E-state index contributed by atoms with van der Waals surface area (Å²) in [6.45, 7) is 0.844. The zero-order valence-corrected chi connectivity index (χ0v) is 25.0. The molecule has 8 heteroatoms. The summed E-state index contributed by atoms with van der Waals surface area (Å²) in [7, 11) is 0. The third-order valence-corrected chi connectivity index (χ3v) is 7.96. The highest BCUT2D eigenvalue weighted by atomic mass is 35.5. The van der Waals surface area contributed by atoms with Crippen LogP contribution in [0.5, 0.6) is 0 Å². The van der Waals surface area contributed by atoms with Gasteiger partial charge in [0.25, 0.3) is 0 Å². The number of allylic oxidation sites excluding steroid dienone is 1. The van der Waals surface area contributed by atoms with Crippen LogP contribution in [0.4, 0.5) is 0 Å². The minimum atomic E-state index is -0.223. The Balaban J connectivity index is 1.11. The molecule has 1 amide bonds. The van der Waals surface area contributed by atoms with Gasteiger partial charge < -0.3 is 14.8 Å². The van der Waals surface area contributed by atoms with Crippen molar-refractivity contribution in [1.29, 1.82) is 0 Å². The van der Waals surface area contributed by atoms with E-state index in [0.717, 1.165) is 74.5 Å². The van der Waals surface area contributed by atoms with Gasteiger partial charge in [0.1, 0.15) is 6.61 Å². The minimum absolute atomic E-state index is 0.0236. The molecule has 1 fully saturated rings. The van der Waals surface area contributed by atoms with Gasteiger partial charge in [0.2, 0.25) is 5.91 Å². The summed E-state index contributed by atoms with van der Waals surface area (Å²) in [6.07, 6.45) is 12.7. The quantitative estimate of drug-likeness (QED) is 0.171. The highest BCUT2D eigenvalue weighted by Crippen LogP contribution is 2.32. The normalized spacial score (nSPS) is 18.4. The molecule has 0 bridgehead atoms. The van der Waals surface area contributed by atoms with Crippen molar-refractivity contribution in [3.63, 3.8) is 0 Å². The molecule has 41 heavy (non-hydrogen) atoms. The average Bonchev–Trinajstić information content (AvgIpc) is 3.34. The summed E-state index contributed by atoms with van der Waals surface area (Å²) in [5.41, 5.74) is 4.09. The SMILES string of the molecule is O=C(/C=C/c1ccc2c(c1)CCC2NC(=O)CCCCCCC(=O)COC1CCCCO1)Cc1cc(Cl)cc(Cl)c1. The Morgan fingerprint density at radius 2 is 1.73 bits per heavy atom. The van der Waals surface area contributed by atoms with E-state index in [-0.39, 0.29) is 42.8 Å². The number of fused-ring (bicyclic) bond motifs is 1. The maximum absolute atomic E-state index is 12.6. The molecule has 4 rings (SSSR count). The van der Waals surface area contributed by atoms with Crippen LogP contribution in [-0.2, 0) is 36.7 Å². The van der Waals surface area contributed by atoms with Crippen LogP contribution in [0.2, 0.25) is 10.0 Å². The molecule has 1 saturated heterocycles. The van der Waals surface area contributed by atoms with E-state index in [1.54, 1.807) is 24.3 Å². The van der Waals surface area contributed by atoms with Crippen LogP contribution in [0.1, 0.15) is 92.5 Å². The van der Waals surface area contributed by atoms with Crippen LogP contribution in [0, 0.1) is 0 Å². The summed E-state index contributed by atoms with van der Waals surface area (Å²) in [5.74, 6) is 0.153. The number of aryl methyl sites for hydroxylation is 1. The first-order valence-corrected chi connectivity index (χ1v) is 15.4. The summed E-state index contributed by atoms with van der Waals surface area (Å²) in [6, 6.07) is 11.3. The van der Waals surface area contributed by atoms with Gasteiger partial charge in [-0.1, -0.05) is 60.3 Å². The highest BCUT2D eigenvalue weighted by Gasteiger charge is 2.24. The summed E-state index contributed by atoms with van der Waals surface area (Å²) in [5, 5.41) is 4.21. The number of carbonyl (C=O) groups is 3. The van der Waals surface area contributed by atoms with Gasteiger partial charge in [-0.25, -0.2) is 0 Å². The number of halogens is 2. The van der Waals surface area contributed by atoms with Crippen molar-refractivity contribution in [3.8, 4) is 0 Å². The van der Waals surface area contributed by atoms with Crippen molar-refractivity contribution in [2.45, 2.75) is 89.4 Å². The molecule has 2 aromatic rings. The van der Waals surface area contributed by atoms with Crippen molar-refractivity contribution in [3.05, 3.63) is 74.8 Å². The summed E-state index contributed by atoms with van der Waals surface area (Å²) in [4.78, 5) is 37.0. The molecular formula is C33H39Cl2NO5. The number of benzene rings is 2. The van der Waals surface area contributed by atoms with E-state index in [4.69, 9.17) is 32.7 Å². The second-order valence-electron chi connectivity index (χ2n) is 10.9. The van der Waals surface area contributed by atoms with Gasteiger partial charge in [-0.2, -0.15) is 0 Å². The van der Waals surface area contributed by atoms with E-state index in [2.05, 4.69) is 17.4 Å². The number of hydrogen-bond acceptors (Lipinski definition) is 5. The van der Waals surface area contributed by atoms with Gasteiger partial charge in [0.15, 0.2) is 17.9 Å². The van der Waals surface area contributed by atoms with E-state index >= 15 is 0 Å². The Hall–Kier alpha value is -2.51. The number of ether oxygens (including phenoxy) is 2. The Labute approximate surface area is 252 Å². The Bertz CT molecular complexity index is 1220. The molecule has 2 unspecified atom stereocenters. The molecule has 0 spiro atoms. The van der Waals surface area contributed by atoms with E-state index in [1.165, 1.54) is 5.56 Å². The van der Waals surface area contributed by atoms with Gasteiger partial charge in [-0.15, -0.1) is 0 Å². The van der Waals surface area contributed by atoms with Crippen LogP contribution in [-0.4, -0.2) is 37.0 Å². The third-order valence-electron chi connectivity index (χ3n) is 7.52. The van der Waals surface area contributed by atoms with E-state index in [1.807, 2.05) is 12.1 Å². The van der Waals surface area contributed by atoms with Crippen molar-refractivity contribution >= 4 is 46.8 Å². The molecule has 220 valence electrons. The topological polar surface area (TPSA) is 81.7 Å². The minimum Gasteiger partial charge on any atom is -0.353 e. The van der Waals surface area contributed by atoms with Crippen molar-refractivity contribution in [2.24, 2.45) is 0 Å². The first kappa shape index (κ1) is 31.4. The number of nitrogens with one attached hydrogen (secondary N) is 1. The second kappa shape index (κ2) is 16.2. The van der Waals surface area contributed by atoms with Crippen LogP contribution < -0.4 is 5.32 Å². The molecule has 0 saturated carbocycles. The maximum Gasteiger partial charge on any atom is 0.220 e. The van der Waals surface area contributed by atoms with Crippen LogP contribution in [0.15, 0.2) is 42.5 Å². The average molecular weight is 601 g/mol. The number of unbranched alkanes of at least 4 members (excludes halogenated alkanes) is 3. The van der Waals surface area contributed by atoms with E-state index in [0.29, 0.717) is 29.5 Å². The lowest BCUT2D eigenvalue weighted by molar-refractivity contribution is -0.169. The fourth-order valence-corrected chi connectivity index (χ4v) is 5.95. The van der Waals surface area contributed by atoms with Gasteiger partial charge >= 0.3 is 0 Å². The fourth-order valence-electron chi connectivity index (χ4n) is 5.38. The zero-order chi connectivity index (χ0) is 29.0. The van der Waals surface area contributed by atoms with Crippen LogP contribution in [0.3, 0.4) is 0 Å². The number of Topliss-reactive ketones (excluding diaryl/α,β-unsaturated/α-hetero) is 1. The van der Waals surface area contributed by atoms with Gasteiger partial charge in [-0.3, -0.25) is 14.4 Å². The molecule has 2 atom stereocenters. The molecular weight excluding hydrogens is 561 g/mol. The summed E-state index contributed by atoms with van der Waals surface area (Å²) < 4.78 is 11.0. The second-order valence-corrected chi connectivity index (χ2v) is 11.8. The van der Waals surface area contributed by atoms with E-state index < -0.39 is 0 Å². The van der Waals surface area contributed by atoms with Crippen LogP contribution in [0.25, 0.3) is 6.08 Å². The fraction of sp³-hybridized carbons (Fsp3) is 0.485. The predicted octanol–water partition coefficient (Wildman–Crippen LogP) is 7.37. The van der Waals surface area contributed by atoms with E-state index in [9.17, 15) is 14.4 Å². The standard InChI is InChI=1S/C33H39Cl2NO5/c34-26-18-24(19-27(35)21-26)20-28(37)13-10-23-11-14-30-25(17-23)12-15-31(30)36-32(39)8-4-2-1-3-7-29(38)22-41-33-9-5-6-16-40-33/h10-11,13-14,17-19,21,31,33H,1-9,12,15-16,20,22H2,(H,36,39)/b13-10+. The molecule has 0 aromatic heterocycles. The monoisotopic (exact) mass is 599 g/mol. The number of amides is 1. The largest absolute Gasteiger partial charge is 0.353 e.